The SMILES string of the molecule is COC(=O)C(NC(=O)OCc1ccccc1)c1cccnc1. The number of aromatic nitrogens is 1. The fourth-order valence-corrected chi connectivity index (χ4v) is 1.83. The summed E-state index contributed by atoms with van der Waals surface area (Å²) in [7, 11) is 1.25. The van der Waals surface area contributed by atoms with Crippen molar-refractivity contribution in [3.8, 4) is 0 Å². The van der Waals surface area contributed by atoms with Gasteiger partial charge >= 0.3 is 12.1 Å². The Labute approximate surface area is 128 Å². The Kier molecular flexibility index (Phi) is 5.48. The lowest BCUT2D eigenvalue weighted by atomic mass is 10.1. The predicted octanol–water partition coefficient (Wildman–Crippen LogP) is 2.22. The van der Waals surface area contributed by atoms with Gasteiger partial charge in [-0.05, 0) is 11.6 Å². The minimum atomic E-state index is -0.957. The quantitative estimate of drug-likeness (QED) is 0.857. The number of benzene rings is 1. The molecule has 6 nitrogen and oxygen atoms in total. The largest absolute Gasteiger partial charge is 0.467 e. The minimum Gasteiger partial charge on any atom is -0.467 e. The van der Waals surface area contributed by atoms with E-state index in [2.05, 4.69) is 10.3 Å². The third kappa shape index (κ3) is 4.31. The number of methoxy groups -OCH3 is 1. The van der Waals surface area contributed by atoms with Gasteiger partial charge in [0.2, 0.25) is 0 Å². The van der Waals surface area contributed by atoms with Gasteiger partial charge in [0.05, 0.1) is 7.11 Å². The van der Waals surface area contributed by atoms with Crippen molar-refractivity contribution in [1.82, 2.24) is 10.3 Å². The first-order valence-electron chi connectivity index (χ1n) is 6.65. The number of ether oxygens (including phenoxy) is 2. The highest BCUT2D eigenvalue weighted by Gasteiger charge is 2.24. The van der Waals surface area contributed by atoms with Crippen molar-refractivity contribution >= 4 is 12.1 Å². The van der Waals surface area contributed by atoms with Crippen molar-refractivity contribution in [1.29, 1.82) is 0 Å². The monoisotopic (exact) mass is 300 g/mol. The van der Waals surface area contributed by atoms with Crippen molar-refractivity contribution in [2.75, 3.05) is 7.11 Å². The molecule has 0 aliphatic rings. The van der Waals surface area contributed by atoms with Crippen LogP contribution in [0.15, 0.2) is 54.9 Å². The Morgan fingerprint density at radius 1 is 1.18 bits per heavy atom. The molecule has 2 rings (SSSR count). The van der Waals surface area contributed by atoms with Crippen LogP contribution in [-0.4, -0.2) is 24.2 Å². The Morgan fingerprint density at radius 3 is 2.59 bits per heavy atom. The number of esters is 1. The number of alkyl carbamates (subject to hydrolysis) is 1. The van der Waals surface area contributed by atoms with Crippen LogP contribution in [0, 0.1) is 0 Å². The lowest BCUT2D eigenvalue weighted by Gasteiger charge is -2.16. The highest BCUT2D eigenvalue weighted by Crippen LogP contribution is 2.13. The normalized spacial score (nSPS) is 11.3. The van der Waals surface area contributed by atoms with E-state index in [9.17, 15) is 9.59 Å². The minimum absolute atomic E-state index is 0.119. The third-order valence-electron chi connectivity index (χ3n) is 2.93. The first-order valence-corrected chi connectivity index (χ1v) is 6.65. The average Bonchev–Trinajstić information content (AvgIpc) is 2.59. The lowest BCUT2D eigenvalue weighted by molar-refractivity contribution is -0.143. The van der Waals surface area contributed by atoms with Gasteiger partial charge in [-0.15, -0.1) is 0 Å². The Bertz CT molecular complexity index is 617. The van der Waals surface area contributed by atoms with E-state index in [1.165, 1.54) is 13.3 Å². The number of nitrogens with zero attached hydrogens (tertiary/aromatic N) is 1. The standard InChI is InChI=1S/C16H16N2O4/c1-21-15(19)14(13-8-5-9-17-10-13)18-16(20)22-11-12-6-3-2-4-7-12/h2-10,14H,11H2,1H3,(H,18,20). The number of hydrogen-bond donors (Lipinski definition) is 1. The van der Waals surface area contributed by atoms with Crippen LogP contribution in [0.4, 0.5) is 4.79 Å². The van der Waals surface area contributed by atoms with Gasteiger partial charge in [0, 0.05) is 18.0 Å². The summed E-state index contributed by atoms with van der Waals surface area (Å²) in [6, 6.07) is 11.6. The molecule has 1 aromatic heterocycles. The molecular weight excluding hydrogens is 284 g/mol. The molecule has 6 heteroatoms. The second-order valence-electron chi connectivity index (χ2n) is 4.45. The van der Waals surface area contributed by atoms with E-state index in [-0.39, 0.29) is 6.61 Å². The molecule has 0 radical (unpaired) electrons. The zero-order valence-electron chi connectivity index (χ0n) is 12.1. The maximum absolute atomic E-state index is 11.9. The molecule has 1 N–H and O–H groups in total. The van der Waals surface area contributed by atoms with Gasteiger partial charge in [-0.25, -0.2) is 9.59 Å². The summed E-state index contributed by atoms with van der Waals surface area (Å²) < 4.78 is 9.79. The molecule has 1 atom stereocenters. The van der Waals surface area contributed by atoms with Crippen LogP contribution >= 0.6 is 0 Å². The summed E-state index contributed by atoms with van der Waals surface area (Å²) in [5.41, 5.74) is 1.37. The summed E-state index contributed by atoms with van der Waals surface area (Å²) in [6.07, 6.45) is 2.35. The molecule has 0 aliphatic carbocycles. The van der Waals surface area contributed by atoms with Crippen LogP contribution in [0.5, 0.6) is 0 Å². The smallest absolute Gasteiger partial charge is 0.408 e. The molecule has 0 spiro atoms. The molecule has 1 aromatic carbocycles. The highest BCUT2D eigenvalue weighted by molar-refractivity contribution is 5.82. The Balaban J connectivity index is 1.98. The number of carbonyl (C=O) groups excluding carboxylic acids is 2. The molecule has 0 fully saturated rings. The van der Waals surface area contributed by atoms with E-state index in [1.54, 1.807) is 18.3 Å². The second-order valence-corrected chi connectivity index (χ2v) is 4.45. The van der Waals surface area contributed by atoms with E-state index in [4.69, 9.17) is 9.47 Å². The molecule has 0 saturated heterocycles. The molecule has 0 saturated carbocycles. The number of rotatable bonds is 5. The summed E-state index contributed by atoms with van der Waals surface area (Å²) in [6.45, 7) is 0.119. The molecule has 22 heavy (non-hydrogen) atoms. The van der Waals surface area contributed by atoms with Crippen LogP contribution in [0.3, 0.4) is 0 Å². The van der Waals surface area contributed by atoms with Crippen LogP contribution in [-0.2, 0) is 20.9 Å². The van der Waals surface area contributed by atoms with Gasteiger partial charge in [-0.2, -0.15) is 0 Å². The summed E-state index contributed by atoms with van der Waals surface area (Å²) in [4.78, 5) is 27.6. The van der Waals surface area contributed by atoms with Crippen LogP contribution in [0.25, 0.3) is 0 Å². The first-order chi connectivity index (χ1) is 10.7. The highest BCUT2D eigenvalue weighted by atomic mass is 16.6. The lowest BCUT2D eigenvalue weighted by Crippen LogP contribution is -2.34. The Morgan fingerprint density at radius 2 is 1.95 bits per heavy atom. The third-order valence-corrected chi connectivity index (χ3v) is 2.93. The van der Waals surface area contributed by atoms with Crippen LogP contribution < -0.4 is 5.32 Å². The molecular formula is C16H16N2O4. The van der Waals surface area contributed by atoms with Crippen molar-refractivity contribution in [2.45, 2.75) is 12.6 Å². The zero-order chi connectivity index (χ0) is 15.8. The number of hydrogen-bond acceptors (Lipinski definition) is 5. The van der Waals surface area contributed by atoms with E-state index in [0.29, 0.717) is 5.56 Å². The van der Waals surface area contributed by atoms with Gasteiger partial charge < -0.3 is 14.8 Å². The molecule has 0 aliphatic heterocycles. The van der Waals surface area contributed by atoms with Gasteiger partial charge in [-0.3, -0.25) is 4.98 Å². The predicted molar refractivity (Wildman–Crippen MR) is 78.8 cm³/mol. The van der Waals surface area contributed by atoms with Gasteiger partial charge in [0.25, 0.3) is 0 Å². The average molecular weight is 300 g/mol. The van der Waals surface area contributed by atoms with E-state index in [1.807, 2.05) is 30.3 Å². The maximum Gasteiger partial charge on any atom is 0.408 e. The van der Waals surface area contributed by atoms with Gasteiger partial charge in [0.15, 0.2) is 6.04 Å². The Hall–Kier alpha value is -2.89. The summed E-state index contributed by atoms with van der Waals surface area (Å²) in [5.74, 6) is -0.593. The topological polar surface area (TPSA) is 77.5 Å². The molecule has 1 amide bonds. The molecule has 1 unspecified atom stereocenters. The number of pyridine rings is 1. The van der Waals surface area contributed by atoms with Gasteiger partial charge in [-0.1, -0.05) is 36.4 Å². The first kappa shape index (κ1) is 15.5. The summed E-state index contributed by atoms with van der Waals surface area (Å²) in [5, 5.41) is 2.48. The van der Waals surface area contributed by atoms with Crippen molar-refractivity contribution in [3.05, 3.63) is 66.0 Å². The van der Waals surface area contributed by atoms with Crippen LogP contribution in [0.1, 0.15) is 17.2 Å². The van der Waals surface area contributed by atoms with E-state index in [0.717, 1.165) is 5.56 Å². The number of amides is 1. The van der Waals surface area contributed by atoms with Crippen LogP contribution in [0.2, 0.25) is 0 Å². The van der Waals surface area contributed by atoms with E-state index >= 15 is 0 Å². The van der Waals surface area contributed by atoms with Crippen molar-refractivity contribution in [3.63, 3.8) is 0 Å². The second kappa shape index (κ2) is 7.78. The fraction of sp³-hybridized carbons (Fsp3) is 0.188. The maximum atomic E-state index is 11.9. The fourth-order valence-electron chi connectivity index (χ4n) is 1.83. The number of carbonyl (C=O) groups is 2. The molecule has 2 aromatic rings. The summed E-state index contributed by atoms with van der Waals surface area (Å²) >= 11 is 0. The van der Waals surface area contributed by atoms with E-state index < -0.39 is 18.1 Å². The van der Waals surface area contributed by atoms with Crippen molar-refractivity contribution in [2.24, 2.45) is 0 Å². The van der Waals surface area contributed by atoms with Gasteiger partial charge in [0.1, 0.15) is 6.61 Å². The molecule has 0 bridgehead atoms. The molecule has 114 valence electrons. The molecule has 1 heterocycles. The zero-order valence-corrected chi connectivity index (χ0v) is 12.1. The van der Waals surface area contributed by atoms with Crippen molar-refractivity contribution < 1.29 is 19.1 Å². The number of nitrogens with one attached hydrogen (secondary N) is 1.